The van der Waals surface area contributed by atoms with Crippen molar-refractivity contribution in [2.45, 2.75) is 44.5 Å². The van der Waals surface area contributed by atoms with Crippen LogP contribution in [0.5, 0.6) is 17.2 Å². The van der Waals surface area contributed by atoms with Crippen molar-refractivity contribution in [1.82, 2.24) is 0 Å². The van der Waals surface area contributed by atoms with Crippen molar-refractivity contribution in [1.29, 1.82) is 0 Å². The lowest BCUT2D eigenvalue weighted by molar-refractivity contribution is -0.189. The Hall–Kier alpha value is -4.79. The predicted molar refractivity (Wildman–Crippen MR) is 149 cm³/mol. The van der Waals surface area contributed by atoms with E-state index in [0.717, 1.165) is 5.56 Å². The van der Waals surface area contributed by atoms with E-state index in [-0.39, 0.29) is 18.4 Å². The normalized spacial score (nSPS) is 17.2. The summed E-state index contributed by atoms with van der Waals surface area (Å²) in [5.74, 6) is 0.584. The SMILES string of the molecule is COc1ccc(CC(=O)O[C@H]2c3c(ccc4ccc(=O)oc34)OC(C)(C)[C@H]2OC(=O)Cc2ccc(OC)cc2)cc1. The summed E-state index contributed by atoms with van der Waals surface area (Å²) in [4.78, 5) is 38.7. The van der Waals surface area contributed by atoms with E-state index in [2.05, 4.69) is 0 Å². The summed E-state index contributed by atoms with van der Waals surface area (Å²) in [6, 6.07) is 20.5. The molecule has 0 spiro atoms. The second-order valence-electron chi connectivity index (χ2n) is 10.2. The topological polar surface area (TPSA) is 111 Å². The lowest BCUT2D eigenvalue weighted by atomic mass is 9.87. The van der Waals surface area contributed by atoms with Gasteiger partial charge in [0.1, 0.15) is 28.4 Å². The monoisotopic (exact) mass is 558 g/mol. The molecular weight excluding hydrogens is 528 g/mol. The molecule has 1 aliphatic rings. The Bertz CT molecular complexity index is 1620. The van der Waals surface area contributed by atoms with Crippen LogP contribution in [-0.2, 0) is 31.9 Å². The van der Waals surface area contributed by atoms with Gasteiger partial charge in [0.2, 0.25) is 0 Å². The molecule has 9 heteroatoms. The highest BCUT2D eigenvalue weighted by atomic mass is 16.6. The van der Waals surface area contributed by atoms with Crippen LogP contribution in [0, 0.1) is 0 Å². The number of hydrogen-bond donors (Lipinski definition) is 0. The molecule has 0 bridgehead atoms. The van der Waals surface area contributed by atoms with Gasteiger partial charge in [0.15, 0.2) is 12.2 Å². The summed E-state index contributed by atoms with van der Waals surface area (Å²) in [6.07, 6.45) is -2.25. The first-order valence-electron chi connectivity index (χ1n) is 13.1. The molecule has 1 aromatic heterocycles. The molecule has 5 rings (SSSR count). The van der Waals surface area contributed by atoms with E-state index >= 15 is 0 Å². The van der Waals surface area contributed by atoms with Gasteiger partial charge < -0.3 is 28.1 Å². The molecule has 2 atom stereocenters. The van der Waals surface area contributed by atoms with Crippen LogP contribution >= 0.6 is 0 Å². The zero-order valence-corrected chi connectivity index (χ0v) is 23.2. The Balaban J connectivity index is 1.49. The van der Waals surface area contributed by atoms with Crippen LogP contribution < -0.4 is 19.8 Å². The van der Waals surface area contributed by atoms with Crippen LogP contribution in [0.4, 0.5) is 0 Å². The van der Waals surface area contributed by atoms with E-state index in [9.17, 15) is 14.4 Å². The first-order chi connectivity index (χ1) is 19.7. The van der Waals surface area contributed by atoms with Crippen molar-refractivity contribution >= 4 is 22.9 Å². The molecule has 0 unspecified atom stereocenters. The van der Waals surface area contributed by atoms with Gasteiger partial charge in [0, 0.05) is 11.5 Å². The molecule has 2 heterocycles. The highest BCUT2D eigenvalue weighted by Crippen LogP contribution is 2.46. The van der Waals surface area contributed by atoms with Crippen LogP contribution in [0.2, 0.25) is 0 Å². The summed E-state index contributed by atoms with van der Waals surface area (Å²) in [7, 11) is 3.13. The molecule has 0 saturated heterocycles. The fraction of sp³-hybridized carbons (Fsp3) is 0.281. The minimum absolute atomic E-state index is 0.0272. The van der Waals surface area contributed by atoms with Gasteiger partial charge >= 0.3 is 17.6 Å². The Labute approximate surface area is 236 Å². The van der Waals surface area contributed by atoms with Gasteiger partial charge in [-0.25, -0.2) is 4.79 Å². The maximum Gasteiger partial charge on any atom is 0.336 e. The highest BCUT2D eigenvalue weighted by Gasteiger charge is 2.50. The summed E-state index contributed by atoms with van der Waals surface area (Å²) < 4.78 is 34.2. The number of rotatable bonds is 8. The molecule has 212 valence electrons. The number of esters is 2. The third kappa shape index (κ3) is 6.04. The van der Waals surface area contributed by atoms with E-state index < -0.39 is 35.4 Å². The highest BCUT2D eigenvalue weighted by molar-refractivity contribution is 5.84. The number of ether oxygens (including phenoxy) is 5. The maximum absolute atomic E-state index is 13.3. The van der Waals surface area contributed by atoms with Crippen molar-refractivity contribution in [2.24, 2.45) is 0 Å². The van der Waals surface area contributed by atoms with Crippen molar-refractivity contribution in [3.05, 3.63) is 99.9 Å². The van der Waals surface area contributed by atoms with E-state index in [1.54, 1.807) is 94.8 Å². The lowest BCUT2D eigenvalue weighted by Crippen LogP contribution is -2.52. The number of hydrogen-bond acceptors (Lipinski definition) is 9. The van der Waals surface area contributed by atoms with E-state index in [1.165, 1.54) is 6.07 Å². The van der Waals surface area contributed by atoms with Crippen LogP contribution in [0.15, 0.2) is 82.0 Å². The molecule has 0 amide bonds. The fourth-order valence-electron chi connectivity index (χ4n) is 4.86. The molecule has 3 aromatic carbocycles. The Morgan fingerprint density at radius 1 is 0.756 bits per heavy atom. The number of methoxy groups -OCH3 is 2. The van der Waals surface area contributed by atoms with Crippen molar-refractivity contribution in [3.8, 4) is 17.2 Å². The maximum atomic E-state index is 13.3. The summed E-state index contributed by atoms with van der Waals surface area (Å²) in [5.41, 5.74) is 0.270. The quantitative estimate of drug-likeness (QED) is 0.219. The van der Waals surface area contributed by atoms with Gasteiger partial charge in [-0.05, 0) is 67.4 Å². The van der Waals surface area contributed by atoms with Gasteiger partial charge in [0.05, 0.1) is 32.6 Å². The lowest BCUT2D eigenvalue weighted by Gasteiger charge is -2.43. The third-order valence-electron chi connectivity index (χ3n) is 6.94. The van der Waals surface area contributed by atoms with Gasteiger partial charge in [-0.1, -0.05) is 24.3 Å². The summed E-state index contributed by atoms with van der Waals surface area (Å²) in [6.45, 7) is 3.49. The van der Waals surface area contributed by atoms with E-state index in [1.807, 2.05) is 0 Å². The molecule has 0 N–H and O–H groups in total. The second kappa shape index (κ2) is 11.4. The largest absolute Gasteiger partial charge is 0.497 e. The van der Waals surface area contributed by atoms with Crippen LogP contribution in [0.1, 0.15) is 36.6 Å². The summed E-state index contributed by atoms with van der Waals surface area (Å²) >= 11 is 0. The molecule has 1 aliphatic heterocycles. The van der Waals surface area contributed by atoms with Crippen LogP contribution in [0.3, 0.4) is 0 Å². The molecule has 0 aliphatic carbocycles. The average Bonchev–Trinajstić information content (AvgIpc) is 2.95. The summed E-state index contributed by atoms with van der Waals surface area (Å²) in [5, 5.41) is 0.603. The van der Waals surface area contributed by atoms with Gasteiger partial charge in [-0.15, -0.1) is 0 Å². The minimum Gasteiger partial charge on any atom is -0.497 e. The molecule has 0 saturated carbocycles. The van der Waals surface area contributed by atoms with E-state index in [4.69, 9.17) is 28.1 Å². The number of benzene rings is 3. The molecule has 41 heavy (non-hydrogen) atoms. The van der Waals surface area contributed by atoms with Crippen molar-refractivity contribution < 1.29 is 37.7 Å². The standard InChI is InChI=1S/C32H30O9/c1-32(2)31(40-27(35)18-20-7-13-23(37-4)14-8-20)30(39-26(34)17-19-5-11-22(36-3)12-6-19)28-24(41-32)15-9-21-10-16-25(33)38-29(21)28/h5-16,30-31H,17-18H2,1-4H3/t30-,31-/m0/s1. The molecule has 9 nitrogen and oxygen atoms in total. The minimum atomic E-state index is -1.12. The van der Waals surface area contributed by atoms with Gasteiger partial charge in [0.25, 0.3) is 0 Å². The number of fused-ring (bicyclic) bond motifs is 3. The number of carbonyl (C=O) groups is 2. The van der Waals surface area contributed by atoms with E-state index in [0.29, 0.717) is 33.8 Å². The Morgan fingerprint density at radius 2 is 1.29 bits per heavy atom. The zero-order chi connectivity index (χ0) is 29.1. The first-order valence-corrected chi connectivity index (χ1v) is 13.1. The van der Waals surface area contributed by atoms with Gasteiger partial charge in [-0.2, -0.15) is 0 Å². The zero-order valence-electron chi connectivity index (χ0n) is 23.2. The molecular formula is C32H30O9. The average molecular weight is 559 g/mol. The molecule has 4 aromatic rings. The number of carbonyl (C=O) groups excluding carboxylic acids is 2. The van der Waals surface area contributed by atoms with Crippen LogP contribution in [0.25, 0.3) is 11.0 Å². The first kappa shape index (κ1) is 27.8. The molecule has 0 radical (unpaired) electrons. The van der Waals surface area contributed by atoms with Gasteiger partial charge in [-0.3, -0.25) is 9.59 Å². The predicted octanol–water partition coefficient (Wildman–Crippen LogP) is 4.96. The van der Waals surface area contributed by atoms with Crippen molar-refractivity contribution in [2.75, 3.05) is 14.2 Å². The smallest absolute Gasteiger partial charge is 0.336 e. The second-order valence-corrected chi connectivity index (χ2v) is 10.2. The van der Waals surface area contributed by atoms with Crippen molar-refractivity contribution in [3.63, 3.8) is 0 Å². The third-order valence-corrected chi connectivity index (χ3v) is 6.94. The Kier molecular flexibility index (Phi) is 7.70. The fourth-order valence-corrected chi connectivity index (χ4v) is 4.86. The van der Waals surface area contributed by atoms with Crippen LogP contribution in [-0.4, -0.2) is 37.9 Å². The molecule has 0 fully saturated rings. The Morgan fingerprint density at radius 3 is 1.85 bits per heavy atom.